The molecule has 0 aromatic heterocycles. The lowest BCUT2D eigenvalue weighted by atomic mass is 10.2. The molecule has 0 radical (unpaired) electrons. The van der Waals surface area contributed by atoms with Crippen LogP contribution in [0.15, 0.2) is 4.99 Å². The Kier molecular flexibility index (Phi) is 7.20. The maximum atomic E-state index is 5.60. The van der Waals surface area contributed by atoms with Crippen LogP contribution in [0.5, 0.6) is 0 Å². The molecule has 0 aliphatic heterocycles. The Morgan fingerprint density at radius 2 is 2.00 bits per heavy atom. The summed E-state index contributed by atoms with van der Waals surface area (Å²) in [6, 6.07) is 0.329. The minimum absolute atomic E-state index is 0.329. The van der Waals surface area contributed by atoms with Gasteiger partial charge in [-0.3, -0.25) is 4.99 Å². The van der Waals surface area contributed by atoms with Crippen LogP contribution >= 0.6 is 0 Å². The maximum absolute atomic E-state index is 5.60. The van der Waals surface area contributed by atoms with E-state index >= 15 is 0 Å². The molecule has 0 saturated carbocycles. The van der Waals surface area contributed by atoms with Crippen molar-refractivity contribution in [3.05, 3.63) is 0 Å². The van der Waals surface area contributed by atoms with E-state index in [9.17, 15) is 0 Å². The first kappa shape index (κ1) is 13.2. The number of guanidine groups is 1. The van der Waals surface area contributed by atoms with Crippen molar-refractivity contribution in [1.82, 2.24) is 5.32 Å². The molecular weight excluding hydrogens is 178 g/mol. The number of hydrogen-bond donors (Lipinski definition) is 2. The Labute approximate surface area is 86.9 Å². The highest BCUT2D eigenvalue weighted by Gasteiger charge is 1.95. The largest absolute Gasteiger partial charge is 0.379 e. The van der Waals surface area contributed by atoms with Gasteiger partial charge < -0.3 is 15.8 Å². The average Bonchev–Trinajstić information content (AvgIpc) is 2.01. The molecule has 0 aromatic rings. The predicted octanol–water partition coefficient (Wildman–Crippen LogP) is 0.972. The normalized spacial score (nSPS) is 12.6. The fourth-order valence-electron chi connectivity index (χ4n) is 0.891. The Morgan fingerprint density at radius 3 is 2.50 bits per heavy atom. The molecule has 0 atom stereocenters. The van der Waals surface area contributed by atoms with Crippen molar-refractivity contribution >= 4 is 5.96 Å². The summed E-state index contributed by atoms with van der Waals surface area (Å²) < 4.78 is 5.36. The molecule has 0 spiro atoms. The number of hydrogen-bond acceptors (Lipinski definition) is 2. The Balaban J connectivity index is 3.41. The summed E-state index contributed by atoms with van der Waals surface area (Å²) in [5.74, 6) is 1.07. The summed E-state index contributed by atoms with van der Waals surface area (Å²) in [4.78, 5) is 4.12. The highest BCUT2D eigenvalue weighted by Crippen LogP contribution is 1.91. The van der Waals surface area contributed by atoms with E-state index in [-0.39, 0.29) is 0 Å². The Bertz CT molecular complexity index is 167. The third-order valence-corrected chi connectivity index (χ3v) is 1.41. The smallest absolute Gasteiger partial charge is 0.188 e. The Hall–Kier alpha value is -0.770. The molecule has 14 heavy (non-hydrogen) atoms. The molecular formula is C10H23N3O. The zero-order valence-electron chi connectivity index (χ0n) is 9.71. The first-order chi connectivity index (χ1) is 6.52. The van der Waals surface area contributed by atoms with Gasteiger partial charge in [0.25, 0.3) is 0 Å². The summed E-state index contributed by atoms with van der Waals surface area (Å²) in [6.07, 6.45) is 0. The fraction of sp³-hybridized carbons (Fsp3) is 0.900. The van der Waals surface area contributed by atoms with Crippen LogP contribution in [0, 0.1) is 5.92 Å². The van der Waals surface area contributed by atoms with Crippen molar-refractivity contribution in [2.45, 2.75) is 33.7 Å². The van der Waals surface area contributed by atoms with Crippen LogP contribution in [0.25, 0.3) is 0 Å². The third kappa shape index (κ3) is 9.32. The van der Waals surface area contributed by atoms with E-state index in [2.05, 4.69) is 24.2 Å². The molecule has 0 aliphatic rings. The van der Waals surface area contributed by atoms with Crippen molar-refractivity contribution in [2.75, 3.05) is 19.8 Å². The van der Waals surface area contributed by atoms with Gasteiger partial charge in [0.05, 0.1) is 13.2 Å². The van der Waals surface area contributed by atoms with Crippen molar-refractivity contribution in [3.63, 3.8) is 0 Å². The van der Waals surface area contributed by atoms with Gasteiger partial charge in [0.15, 0.2) is 5.96 Å². The molecule has 4 heteroatoms. The van der Waals surface area contributed by atoms with Crippen LogP contribution in [0.1, 0.15) is 27.7 Å². The molecule has 0 aliphatic carbocycles. The van der Waals surface area contributed by atoms with Gasteiger partial charge in [-0.25, -0.2) is 0 Å². The van der Waals surface area contributed by atoms with Gasteiger partial charge in [0.1, 0.15) is 0 Å². The van der Waals surface area contributed by atoms with Crippen LogP contribution in [0.3, 0.4) is 0 Å². The minimum Gasteiger partial charge on any atom is -0.379 e. The van der Waals surface area contributed by atoms with Crippen molar-refractivity contribution in [2.24, 2.45) is 16.6 Å². The summed E-state index contributed by atoms with van der Waals surface area (Å²) in [5, 5.41) is 3.01. The number of nitrogens with one attached hydrogen (secondary N) is 1. The van der Waals surface area contributed by atoms with E-state index in [1.54, 1.807) is 0 Å². The second-order valence-electron chi connectivity index (χ2n) is 4.03. The van der Waals surface area contributed by atoms with Gasteiger partial charge in [-0.05, 0) is 19.8 Å². The van der Waals surface area contributed by atoms with Crippen molar-refractivity contribution < 1.29 is 4.74 Å². The lowest BCUT2D eigenvalue weighted by Gasteiger charge is -2.09. The molecule has 0 fully saturated rings. The van der Waals surface area contributed by atoms with Crippen LogP contribution < -0.4 is 11.1 Å². The molecule has 4 nitrogen and oxygen atoms in total. The van der Waals surface area contributed by atoms with E-state index in [4.69, 9.17) is 10.5 Å². The van der Waals surface area contributed by atoms with E-state index in [1.165, 1.54) is 0 Å². The summed E-state index contributed by atoms with van der Waals surface area (Å²) >= 11 is 0. The van der Waals surface area contributed by atoms with Gasteiger partial charge in [0.2, 0.25) is 0 Å². The zero-order valence-corrected chi connectivity index (χ0v) is 9.71. The molecule has 0 bridgehead atoms. The molecule has 0 amide bonds. The standard InChI is InChI=1S/C10H23N3O/c1-8(2)7-14-6-5-12-10(11)13-9(3)4/h8-9H,5-7H2,1-4H3,(H3,11,12,13). The summed E-state index contributed by atoms with van der Waals surface area (Å²) in [7, 11) is 0. The number of nitrogens with zero attached hydrogens (tertiary/aromatic N) is 1. The van der Waals surface area contributed by atoms with E-state index < -0.39 is 0 Å². The zero-order chi connectivity index (χ0) is 11.0. The van der Waals surface area contributed by atoms with Crippen LogP contribution in [-0.2, 0) is 4.74 Å². The van der Waals surface area contributed by atoms with Gasteiger partial charge >= 0.3 is 0 Å². The number of ether oxygens (including phenoxy) is 1. The fourth-order valence-corrected chi connectivity index (χ4v) is 0.891. The average molecular weight is 201 g/mol. The lowest BCUT2D eigenvalue weighted by Crippen LogP contribution is -2.37. The Morgan fingerprint density at radius 1 is 1.36 bits per heavy atom. The van der Waals surface area contributed by atoms with Gasteiger partial charge in [-0.2, -0.15) is 0 Å². The topological polar surface area (TPSA) is 59.6 Å². The number of nitrogens with two attached hydrogens (primary N) is 1. The van der Waals surface area contributed by atoms with Crippen LogP contribution in [0.4, 0.5) is 0 Å². The predicted molar refractivity (Wildman–Crippen MR) is 60.4 cm³/mol. The quantitative estimate of drug-likeness (QED) is 0.382. The van der Waals surface area contributed by atoms with Crippen LogP contribution in [0.2, 0.25) is 0 Å². The van der Waals surface area contributed by atoms with Crippen molar-refractivity contribution in [3.8, 4) is 0 Å². The number of aliphatic imine (C=N–C) groups is 1. The van der Waals surface area contributed by atoms with Crippen molar-refractivity contribution in [1.29, 1.82) is 0 Å². The molecule has 0 saturated heterocycles. The maximum Gasteiger partial charge on any atom is 0.188 e. The first-order valence-electron chi connectivity index (χ1n) is 5.16. The number of rotatable bonds is 6. The van der Waals surface area contributed by atoms with E-state index in [0.717, 1.165) is 6.61 Å². The molecule has 0 unspecified atom stereocenters. The van der Waals surface area contributed by atoms with E-state index in [1.807, 2.05) is 13.8 Å². The molecule has 84 valence electrons. The first-order valence-corrected chi connectivity index (χ1v) is 5.16. The minimum atomic E-state index is 0.329. The molecule has 0 aromatic carbocycles. The SMILES string of the molecule is CC(C)COCCN=C(N)NC(C)C. The van der Waals surface area contributed by atoms with Gasteiger partial charge in [-0.1, -0.05) is 13.8 Å². The van der Waals surface area contributed by atoms with Crippen LogP contribution in [-0.4, -0.2) is 31.8 Å². The highest BCUT2D eigenvalue weighted by atomic mass is 16.5. The third-order valence-electron chi connectivity index (χ3n) is 1.41. The highest BCUT2D eigenvalue weighted by molar-refractivity contribution is 5.77. The van der Waals surface area contributed by atoms with E-state index in [0.29, 0.717) is 31.1 Å². The molecule has 3 N–H and O–H groups in total. The summed E-state index contributed by atoms with van der Waals surface area (Å²) in [5.41, 5.74) is 5.60. The summed E-state index contributed by atoms with van der Waals surface area (Å²) in [6.45, 7) is 10.3. The second kappa shape index (κ2) is 7.62. The molecule has 0 rings (SSSR count). The van der Waals surface area contributed by atoms with Gasteiger partial charge in [-0.15, -0.1) is 0 Å². The lowest BCUT2D eigenvalue weighted by molar-refractivity contribution is 0.117. The van der Waals surface area contributed by atoms with Gasteiger partial charge in [0, 0.05) is 12.6 Å². The second-order valence-corrected chi connectivity index (χ2v) is 4.03. The monoisotopic (exact) mass is 201 g/mol. The molecule has 0 heterocycles.